The molecule has 0 atom stereocenters. The number of furan rings is 1. The molecule has 2 aromatic carbocycles. The molecular weight excluding hydrogens is 379 g/mol. The summed E-state index contributed by atoms with van der Waals surface area (Å²) in [5.74, 6) is -0.348. The molecule has 1 aromatic heterocycles. The summed E-state index contributed by atoms with van der Waals surface area (Å²) < 4.78 is 30.2. The number of hydrogen-bond acceptors (Lipinski definition) is 4. The highest BCUT2D eigenvalue weighted by atomic mass is 79.9. The lowest BCUT2D eigenvalue weighted by molar-refractivity contribution is 0.0433. The molecule has 0 unspecified atom stereocenters. The Morgan fingerprint density at radius 1 is 1.29 bits per heavy atom. The molecule has 0 N–H and O–H groups in total. The van der Waals surface area contributed by atoms with Gasteiger partial charge in [-0.3, -0.25) is 0 Å². The summed E-state index contributed by atoms with van der Waals surface area (Å²) in [6, 6.07) is 10.1. The van der Waals surface area contributed by atoms with Crippen LogP contribution in [0.5, 0.6) is 5.75 Å². The van der Waals surface area contributed by atoms with Crippen molar-refractivity contribution in [2.75, 3.05) is 7.11 Å². The first-order valence-corrected chi connectivity index (χ1v) is 7.97. The maximum atomic E-state index is 13.9. The van der Waals surface area contributed by atoms with Crippen molar-refractivity contribution in [3.05, 3.63) is 63.6 Å². The van der Waals surface area contributed by atoms with Crippen LogP contribution in [0.25, 0.3) is 11.0 Å². The minimum absolute atomic E-state index is 0.105. The lowest BCUT2D eigenvalue weighted by atomic mass is 10.1. The fourth-order valence-corrected chi connectivity index (χ4v) is 2.80. The van der Waals surface area contributed by atoms with E-state index in [4.69, 9.17) is 13.9 Å². The zero-order valence-corrected chi connectivity index (χ0v) is 14.6. The maximum absolute atomic E-state index is 13.9. The predicted molar refractivity (Wildman–Crippen MR) is 90.7 cm³/mol. The highest BCUT2D eigenvalue weighted by Gasteiger charge is 2.20. The van der Waals surface area contributed by atoms with Gasteiger partial charge in [0.15, 0.2) is 0 Å². The van der Waals surface area contributed by atoms with Gasteiger partial charge >= 0.3 is 5.97 Å². The van der Waals surface area contributed by atoms with Crippen molar-refractivity contribution in [2.24, 2.45) is 0 Å². The molecule has 0 aliphatic rings. The van der Waals surface area contributed by atoms with E-state index in [2.05, 4.69) is 15.9 Å². The van der Waals surface area contributed by atoms with Gasteiger partial charge in [-0.1, -0.05) is 12.1 Å². The van der Waals surface area contributed by atoms with Crippen LogP contribution in [0.2, 0.25) is 0 Å². The SMILES string of the molecule is COc1ccc2c(C)c(C(=O)OCc3cccc(Br)c3F)oc2c1. The summed E-state index contributed by atoms with van der Waals surface area (Å²) in [5, 5.41) is 0.802. The highest BCUT2D eigenvalue weighted by Crippen LogP contribution is 2.29. The summed E-state index contributed by atoms with van der Waals surface area (Å²) in [5.41, 5.74) is 1.49. The van der Waals surface area contributed by atoms with E-state index in [-0.39, 0.29) is 17.9 Å². The normalized spacial score (nSPS) is 10.8. The van der Waals surface area contributed by atoms with Gasteiger partial charge in [0, 0.05) is 22.6 Å². The van der Waals surface area contributed by atoms with E-state index in [9.17, 15) is 9.18 Å². The zero-order valence-electron chi connectivity index (χ0n) is 13.1. The van der Waals surface area contributed by atoms with Gasteiger partial charge in [0.05, 0.1) is 11.6 Å². The fourth-order valence-electron chi connectivity index (χ4n) is 2.40. The van der Waals surface area contributed by atoms with Crippen molar-refractivity contribution in [3.63, 3.8) is 0 Å². The molecule has 3 rings (SSSR count). The van der Waals surface area contributed by atoms with Gasteiger partial charge in [0.2, 0.25) is 5.76 Å². The Morgan fingerprint density at radius 3 is 2.83 bits per heavy atom. The first-order valence-electron chi connectivity index (χ1n) is 7.18. The topological polar surface area (TPSA) is 48.7 Å². The Balaban J connectivity index is 1.83. The van der Waals surface area contributed by atoms with Gasteiger partial charge in [-0.2, -0.15) is 0 Å². The predicted octanol–water partition coefficient (Wildman–Crippen LogP) is 5.01. The number of aryl methyl sites for hydroxylation is 1. The van der Waals surface area contributed by atoms with Crippen molar-refractivity contribution in [2.45, 2.75) is 13.5 Å². The van der Waals surface area contributed by atoms with E-state index in [0.29, 0.717) is 21.4 Å². The number of hydrogen-bond donors (Lipinski definition) is 0. The zero-order chi connectivity index (χ0) is 17.3. The van der Waals surface area contributed by atoms with Crippen molar-refractivity contribution in [1.29, 1.82) is 0 Å². The minimum atomic E-state index is -0.637. The molecule has 24 heavy (non-hydrogen) atoms. The minimum Gasteiger partial charge on any atom is -0.497 e. The molecule has 3 aromatic rings. The van der Waals surface area contributed by atoms with Gasteiger partial charge in [-0.25, -0.2) is 9.18 Å². The molecule has 0 aliphatic carbocycles. The van der Waals surface area contributed by atoms with Crippen LogP contribution in [0.15, 0.2) is 45.3 Å². The second-order valence-electron chi connectivity index (χ2n) is 5.21. The number of rotatable bonds is 4. The first kappa shape index (κ1) is 16.5. The van der Waals surface area contributed by atoms with Crippen molar-refractivity contribution in [3.8, 4) is 5.75 Å². The molecule has 0 amide bonds. The van der Waals surface area contributed by atoms with E-state index < -0.39 is 11.8 Å². The lowest BCUT2D eigenvalue weighted by Crippen LogP contribution is -2.06. The standard InChI is InChI=1S/C18H14BrFO4/c1-10-13-7-6-12(22-2)8-15(13)24-17(10)18(21)23-9-11-4-3-5-14(19)16(11)20/h3-8H,9H2,1-2H3. The number of ether oxygens (including phenoxy) is 2. The van der Waals surface area contributed by atoms with Gasteiger partial charge < -0.3 is 13.9 Å². The van der Waals surface area contributed by atoms with Gasteiger partial charge in [-0.15, -0.1) is 0 Å². The maximum Gasteiger partial charge on any atom is 0.374 e. The van der Waals surface area contributed by atoms with E-state index >= 15 is 0 Å². The van der Waals surface area contributed by atoms with Gasteiger partial charge in [0.25, 0.3) is 0 Å². The fraction of sp³-hybridized carbons (Fsp3) is 0.167. The van der Waals surface area contributed by atoms with Gasteiger partial charge in [-0.05, 0) is 41.1 Å². The summed E-state index contributed by atoms with van der Waals surface area (Å²) in [7, 11) is 1.55. The Bertz CT molecular complexity index is 917. The van der Waals surface area contributed by atoms with Crippen LogP contribution >= 0.6 is 15.9 Å². The molecular formula is C18H14BrFO4. The number of fused-ring (bicyclic) bond motifs is 1. The largest absolute Gasteiger partial charge is 0.497 e. The number of carbonyl (C=O) groups is 1. The Morgan fingerprint density at radius 2 is 2.08 bits per heavy atom. The van der Waals surface area contributed by atoms with Crippen LogP contribution in [0, 0.1) is 12.7 Å². The quantitative estimate of drug-likeness (QED) is 0.585. The number of carbonyl (C=O) groups excluding carboxylic acids is 1. The van der Waals surface area contributed by atoms with E-state index in [1.807, 2.05) is 6.07 Å². The summed E-state index contributed by atoms with van der Waals surface area (Å²) in [6.45, 7) is 1.60. The average molecular weight is 393 g/mol. The second kappa shape index (κ2) is 6.65. The van der Waals surface area contributed by atoms with Crippen LogP contribution in [0.1, 0.15) is 21.7 Å². The molecule has 0 fully saturated rings. The third kappa shape index (κ3) is 3.01. The van der Waals surface area contributed by atoms with Crippen molar-refractivity contribution in [1.82, 2.24) is 0 Å². The van der Waals surface area contributed by atoms with Gasteiger partial charge in [0.1, 0.15) is 23.8 Å². The smallest absolute Gasteiger partial charge is 0.374 e. The van der Waals surface area contributed by atoms with Crippen LogP contribution in [-0.4, -0.2) is 13.1 Å². The summed E-state index contributed by atoms with van der Waals surface area (Å²) in [6.07, 6.45) is 0. The molecule has 124 valence electrons. The second-order valence-corrected chi connectivity index (χ2v) is 6.06. The van der Waals surface area contributed by atoms with E-state index in [1.54, 1.807) is 44.4 Å². The molecule has 0 spiro atoms. The summed E-state index contributed by atoms with van der Waals surface area (Å²) >= 11 is 3.10. The van der Waals surface area contributed by atoms with Crippen molar-refractivity contribution >= 4 is 32.9 Å². The Hall–Kier alpha value is -2.34. The van der Waals surface area contributed by atoms with Crippen LogP contribution in [0.4, 0.5) is 4.39 Å². The highest BCUT2D eigenvalue weighted by molar-refractivity contribution is 9.10. The van der Waals surface area contributed by atoms with Crippen LogP contribution in [-0.2, 0) is 11.3 Å². The number of benzene rings is 2. The third-order valence-corrected chi connectivity index (χ3v) is 4.33. The molecule has 0 aliphatic heterocycles. The number of methoxy groups -OCH3 is 1. The lowest BCUT2D eigenvalue weighted by Gasteiger charge is -2.06. The van der Waals surface area contributed by atoms with Crippen LogP contribution < -0.4 is 4.74 Å². The Labute approximate surface area is 146 Å². The Kier molecular flexibility index (Phi) is 4.57. The molecule has 0 bridgehead atoms. The molecule has 0 radical (unpaired) electrons. The number of esters is 1. The monoisotopic (exact) mass is 392 g/mol. The van der Waals surface area contributed by atoms with E-state index in [1.165, 1.54) is 0 Å². The summed E-state index contributed by atoms with van der Waals surface area (Å²) in [4.78, 5) is 12.3. The average Bonchev–Trinajstić information content (AvgIpc) is 2.92. The third-order valence-electron chi connectivity index (χ3n) is 3.72. The van der Waals surface area contributed by atoms with Crippen molar-refractivity contribution < 1.29 is 23.1 Å². The number of halogens is 2. The molecule has 4 nitrogen and oxygen atoms in total. The molecule has 0 saturated heterocycles. The van der Waals surface area contributed by atoms with Crippen LogP contribution in [0.3, 0.4) is 0 Å². The molecule has 6 heteroatoms. The molecule has 1 heterocycles. The molecule has 0 saturated carbocycles. The van der Waals surface area contributed by atoms with E-state index in [0.717, 1.165) is 5.39 Å². The first-order chi connectivity index (χ1) is 11.5.